The van der Waals surface area contributed by atoms with Gasteiger partial charge in [-0.2, -0.15) is 0 Å². The average molecular weight is 328 g/mol. The summed E-state index contributed by atoms with van der Waals surface area (Å²) in [5, 5.41) is 12.0. The van der Waals surface area contributed by atoms with E-state index in [-0.39, 0.29) is 18.6 Å². The SMILES string of the molecule is O=C(NCc1cccc(OCC(F)F)c1)N1CCC[C@@H](CO)C1. The molecule has 0 radical (unpaired) electrons. The first-order valence-corrected chi connectivity index (χ1v) is 7.72. The summed E-state index contributed by atoms with van der Waals surface area (Å²) in [4.78, 5) is 13.8. The van der Waals surface area contributed by atoms with Gasteiger partial charge in [-0.1, -0.05) is 12.1 Å². The van der Waals surface area contributed by atoms with Gasteiger partial charge in [-0.05, 0) is 36.5 Å². The highest BCUT2D eigenvalue weighted by Crippen LogP contribution is 2.17. The Hall–Kier alpha value is -1.89. The summed E-state index contributed by atoms with van der Waals surface area (Å²) in [5.74, 6) is 0.496. The number of urea groups is 1. The van der Waals surface area contributed by atoms with Gasteiger partial charge in [0.05, 0.1) is 0 Å². The molecule has 7 heteroatoms. The van der Waals surface area contributed by atoms with Crippen LogP contribution in [0.4, 0.5) is 13.6 Å². The highest BCUT2D eigenvalue weighted by molar-refractivity contribution is 5.74. The van der Waals surface area contributed by atoms with Crippen LogP contribution in [0.1, 0.15) is 18.4 Å². The number of hydrogen-bond acceptors (Lipinski definition) is 3. The minimum atomic E-state index is -2.52. The van der Waals surface area contributed by atoms with E-state index in [1.165, 1.54) is 0 Å². The van der Waals surface area contributed by atoms with Crippen molar-refractivity contribution in [1.29, 1.82) is 0 Å². The third-order valence-corrected chi connectivity index (χ3v) is 3.78. The number of ether oxygens (including phenoxy) is 1. The lowest BCUT2D eigenvalue weighted by molar-refractivity contribution is 0.0818. The summed E-state index contributed by atoms with van der Waals surface area (Å²) in [6, 6.07) is 6.55. The summed E-state index contributed by atoms with van der Waals surface area (Å²) >= 11 is 0. The fourth-order valence-corrected chi connectivity index (χ4v) is 2.59. The molecule has 0 spiro atoms. The Bertz CT molecular complexity index is 514. The topological polar surface area (TPSA) is 61.8 Å². The molecule has 1 atom stereocenters. The van der Waals surface area contributed by atoms with Crippen molar-refractivity contribution < 1.29 is 23.4 Å². The molecule has 2 N–H and O–H groups in total. The van der Waals surface area contributed by atoms with Crippen molar-refractivity contribution in [2.24, 2.45) is 5.92 Å². The summed E-state index contributed by atoms with van der Waals surface area (Å²) in [6.45, 7) is 0.976. The summed E-state index contributed by atoms with van der Waals surface area (Å²) in [7, 11) is 0. The highest BCUT2D eigenvalue weighted by Gasteiger charge is 2.22. The molecule has 1 heterocycles. The Morgan fingerprint density at radius 3 is 3.04 bits per heavy atom. The van der Waals surface area contributed by atoms with Crippen LogP contribution < -0.4 is 10.1 Å². The van der Waals surface area contributed by atoms with E-state index in [4.69, 9.17) is 4.74 Å². The van der Waals surface area contributed by atoms with E-state index >= 15 is 0 Å². The Morgan fingerprint density at radius 1 is 1.48 bits per heavy atom. The predicted octanol–water partition coefficient (Wildman–Crippen LogP) is 2.24. The molecule has 0 aliphatic carbocycles. The number of amides is 2. The van der Waals surface area contributed by atoms with Gasteiger partial charge in [-0.3, -0.25) is 0 Å². The van der Waals surface area contributed by atoms with Crippen molar-refractivity contribution in [2.45, 2.75) is 25.8 Å². The summed E-state index contributed by atoms with van der Waals surface area (Å²) in [5.41, 5.74) is 0.779. The number of aliphatic hydroxyl groups excluding tert-OH is 1. The lowest BCUT2D eigenvalue weighted by Gasteiger charge is -2.31. The maximum atomic E-state index is 12.1. The van der Waals surface area contributed by atoms with Crippen LogP contribution in [0.15, 0.2) is 24.3 Å². The van der Waals surface area contributed by atoms with Gasteiger partial charge in [0.15, 0.2) is 0 Å². The van der Waals surface area contributed by atoms with Crippen LogP contribution in [0.5, 0.6) is 5.75 Å². The second-order valence-corrected chi connectivity index (χ2v) is 5.65. The normalized spacial score (nSPS) is 18.1. The van der Waals surface area contributed by atoms with Gasteiger partial charge in [-0.25, -0.2) is 13.6 Å². The van der Waals surface area contributed by atoms with E-state index in [1.807, 2.05) is 0 Å². The molecule has 0 unspecified atom stereocenters. The predicted molar refractivity (Wildman–Crippen MR) is 81.6 cm³/mol. The van der Waals surface area contributed by atoms with Crippen LogP contribution in [0.3, 0.4) is 0 Å². The molecule has 1 saturated heterocycles. The molecule has 23 heavy (non-hydrogen) atoms. The van der Waals surface area contributed by atoms with E-state index in [0.29, 0.717) is 25.4 Å². The molecular formula is C16H22F2N2O3. The largest absolute Gasteiger partial charge is 0.488 e. The number of alkyl halides is 2. The number of carbonyl (C=O) groups is 1. The van der Waals surface area contributed by atoms with Gasteiger partial charge in [0.1, 0.15) is 12.4 Å². The number of carbonyl (C=O) groups excluding carboxylic acids is 1. The second kappa shape index (κ2) is 8.67. The van der Waals surface area contributed by atoms with Crippen LogP contribution in [-0.4, -0.2) is 48.8 Å². The first-order valence-electron chi connectivity index (χ1n) is 7.72. The Balaban J connectivity index is 1.83. The lowest BCUT2D eigenvalue weighted by Crippen LogP contribution is -2.45. The van der Waals surface area contributed by atoms with Gasteiger partial charge in [0, 0.05) is 26.2 Å². The van der Waals surface area contributed by atoms with Crippen molar-refractivity contribution in [3.8, 4) is 5.75 Å². The van der Waals surface area contributed by atoms with Crippen LogP contribution in [0.2, 0.25) is 0 Å². The zero-order valence-corrected chi connectivity index (χ0v) is 12.9. The van der Waals surface area contributed by atoms with E-state index in [0.717, 1.165) is 18.4 Å². The number of nitrogens with one attached hydrogen (secondary N) is 1. The maximum Gasteiger partial charge on any atom is 0.317 e. The fourth-order valence-electron chi connectivity index (χ4n) is 2.59. The molecule has 1 aromatic carbocycles. The van der Waals surface area contributed by atoms with Crippen LogP contribution >= 0.6 is 0 Å². The molecule has 2 amide bonds. The zero-order valence-electron chi connectivity index (χ0n) is 12.9. The van der Waals surface area contributed by atoms with Crippen molar-refractivity contribution in [3.05, 3.63) is 29.8 Å². The number of piperidine rings is 1. The third kappa shape index (κ3) is 5.67. The van der Waals surface area contributed by atoms with Gasteiger partial charge in [0.25, 0.3) is 6.43 Å². The smallest absolute Gasteiger partial charge is 0.317 e. The number of aliphatic hydroxyl groups is 1. The van der Waals surface area contributed by atoms with Gasteiger partial charge in [-0.15, -0.1) is 0 Å². The number of nitrogens with zero attached hydrogens (tertiary/aromatic N) is 1. The lowest BCUT2D eigenvalue weighted by atomic mass is 9.99. The number of rotatable bonds is 6. The minimum absolute atomic E-state index is 0.0906. The minimum Gasteiger partial charge on any atom is -0.488 e. The number of benzene rings is 1. The standard InChI is InChI=1S/C16H22F2N2O3/c17-15(18)11-23-14-5-1-3-12(7-14)8-19-16(22)20-6-2-4-13(9-20)10-21/h1,3,5,7,13,15,21H,2,4,6,8-11H2,(H,19,22)/t13-/m1/s1. The molecule has 0 bridgehead atoms. The van der Waals surface area contributed by atoms with Crippen LogP contribution in [-0.2, 0) is 6.54 Å². The molecule has 2 rings (SSSR count). The third-order valence-electron chi connectivity index (χ3n) is 3.78. The fraction of sp³-hybridized carbons (Fsp3) is 0.562. The Kier molecular flexibility index (Phi) is 6.58. The van der Waals surface area contributed by atoms with Crippen molar-refractivity contribution >= 4 is 6.03 Å². The first kappa shape index (κ1) is 17.5. The zero-order chi connectivity index (χ0) is 16.7. The van der Waals surface area contributed by atoms with Crippen LogP contribution in [0, 0.1) is 5.92 Å². The number of hydrogen-bond donors (Lipinski definition) is 2. The van der Waals surface area contributed by atoms with Gasteiger partial charge < -0.3 is 20.1 Å². The highest BCUT2D eigenvalue weighted by atomic mass is 19.3. The van der Waals surface area contributed by atoms with Gasteiger partial charge >= 0.3 is 6.03 Å². The Morgan fingerprint density at radius 2 is 2.30 bits per heavy atom. The maximum absolute atomic E-state index is 12.1. The van der Waals surface area contributed by atoms with Crippen molar-refractivity contribution in [3.63, 3.8) is 0 Å². The molecule has 0 saturated carbocycles. The molecule has 5 nitrogen and oxygen atoms in total. The van der Waals surface area contributed by atoms with Crippen molar-refractivity contribution in [1.82, 2.24) is 10.2 Å². The molecule has 128 valence electrons. The second-order valence-electron chi connectivity index (χ2n) is 5.65. The van der Waals surface area contributed by atoms with Crippen molar-refractivity contribution in [2.75, 3.05) is 26.3 Å². The molecular weight excluding hydrogens is 306 g/mol. The quantitative estimate of drug-likeness (QED) is 0.842. The number of halogens is 2. The van der Waals surface area contributed by atoms with E-state index < -0.39 is 13.0 Å². The first-order chi connectivity index (χ1) is 11.1. The average Bonchev–Trinajstić information content (AvgIpc) is 2.58. The summed E-state index contributed by atoms with van der Waals surface area (Å²) in [6.07, 6.45) is -0.698. The molecule has 1 aliphatic rings. The molecule has 1 fully saturated rings. The Labute approximate surface area is 134 Å². The number of likely N-dealkylation sites (tertiary alicyclic amines) is 1. The monoisotopic (exact) mass is 328 g/mol. The van der Waals surface area contributed by atoms with Crippen LogP contribution in [0.25, 0.3) is 0 Å². The van der Waals surface area contributed by atoms with E-state index in [1.54, 1.807) is 29.2 Å². The molecule has 0 aromatic heterocycles. The van der Waals surface area contributed by atoms with E-state index in [2.05, 4.69) is 5.32 Å². The van der Waals surface area contributed by atoms with Gasteiger partial charge in [0.2, 0.25) is 0 Å². The molecule has 1 aromatic rings. The van der Waals surface area contributed by atoms with E-state index in [9.17, 15) is 18.7 Å². The molecule has 1 aliphatic heterocycles. The summed E-state index contributed by atoms with van der Waals surface area (Å²) < 4.78 is 29.2.